The molecule has 2 aromatic carbocycles. The zero-order chi connectivity index (χ0) is 18.8. The Morgan fingerprint density at radius 2 is 1.50 bits per heavy atom. The molecule has 0 fully saturated rings. The van der Waals surface area contributed by atoms with E-state index in [1.807, 2.05) is 27.7 Å². The molecule has 2 N–H and O–H groups in total. The van der Waals surface area contributed by atoms with Crippen LogP contribution in [0.15, 0.2) is 45.3 Å². The molecule has 4 aromatic rings. The number of phenols is 2. The number of oxazole rings is 1. The summed E-state index contributed by atoms with van der Waals surface area (Å²) in [7, 11) is 0. The number of fused-ring (bicyclic) bond motifs is 2. The average molecular weight is 354 g/mol. The number of phenolic OH excluding ortho intramolecular Hbond substituents is 2. The van der Waals surface area contributed by atoms with Crippen molar-refractivity contribution in [2.45, 2.75) is 39.5 Å². The number of aromatic hydroxyl groups is 2. The maximum Gasteiger partial charge on any atom is 0.198 e. The monoisotopic (exact) mass is 354 g/mol. The Labute approximate surface area is 151 Å². The van der Waals surface area contributed by atoms with Crippen LogP contribution in [0.3, 0.4) is 0 Å². The van der Waals surface area contributed by atoms with Crippen molar-refractivity contribution in [3.63, 3.8) is 0 Å². The van der Waals surface area contributed by atoms with Gasteiger partial charge in [0.2, 0.25) is 0 Å². The molecule has 0 bridgehead atoms. The first kappa shape index (κ1) is 17.8. The first-order valence-electron chi connectivity index (χ1n) is 8.54. The summed E-state index contributed by atoms with van der Waals surface area (Å²) in [6.45, 7) is 8.04. The molecule has 0 aliphatic carbocycles. The van der Waals surface area contributed by atoms with Gasteiger partial charge in [-0.2, -0.15) is 0 Å². The van der Waals surface area contributed by atoms with Crippen LogP contribution < -0.4 is 0 Å². The fraction of sp³-hybridized carbons (Fsp3) is 0.300. The molecule has 26 heavy (non-hydrogen) atoms. The first-order valence-corrected chi connectivity index (χ1v) is 8.54. The van der Waals surface area contributed by atoms with E-state index in [0.717, 1.165) is 11.1 Å². The molecule has 4 rings (SSSR count). The molecular weight excluding hydrogens is 332 g/mol. The Balaban J connectivity index is 0.000000151. The summed E-state index contributed by atoms with van der Waals surface area (Å²) in [5.74, 6) is 1.58. The topological polar surface area (TPSA) is 92.5 Å². The minimum atomic E-state index is 0.174. The van der Waals surface area contributed by atoms with Gasteiger partial charge in [-0.15, -0.1) is 0 Å². The SMILES string of the molecule is CC(C)c1nc2c(O)cccc2o1.CC(C)c1noc2cccc(O)c12. The van der Waals surface area contributed by atoms with E-state index in [1.165, 1.54) is 0 Å². The van der Waals surface area contributed by atoms with Gasteiger partial charge in [-0.1, -0.05) is 45.0 Å². The zero-order valence-corrected chi connectivity index (χ0v) is 15.2. The van der Waals surface area contributed by atoms with Crippen LogP contribution in [-0.2, 0) is 0 Å². The highest BCUT2D eigenvalue weighted by Gasteiger charge is 2.14. The van der Waals surface area contributed by atoms with Crippen LogP contribution in [0.4, 0.5) is 0 Å². The van der Waals surface area contributed by atoms with Gasteiger partial charge in [0.15, 0.2) is 22.6 Å². The quantitative estimate of drug-likeness (QED) is 0.506. The van der Waals surface area contributed by atoms with Crippen molar-refractivity contribution in [3.8, 4) is 11.5 Å². The minimum Gasteiger partial charge on any atom is -0.507 e. The van der Waals surface area contributed by atoms with Gasteiger partial charge in [0, 0.05) is 5.92 Å². The highest BCUT2D eigenvalue weighted by Crippen LogP contribution is 2.31. The molecule has 0 saturated heterocycles. The van der Waals surface area contributed by atoms with Gasteiger partial charge in [-0.3, -0.25) is 0 Å². The lowest BCUT2D eigenvalue weighted by atomic mass is 10.1. The molecule has 136 valence electrons. The largest absolute Gasteiger partial charge is 0.507 e. The van der Waals surface area contributed by atoms with Crippen molar-refractivity contribution in [1.82, 2.24) is 10.1 Å². The molecule has 0 aliphatic rings. The number of hydrogen-bond acceptors (Lipinski definition) is 6. The third kappa shape index (κ3) is 3.35. The molecule has 0 saturated carbocycles. The van der Waals surface area contributed by atoms with Crippen molar-refractivity contribution in [3.05, 3.63) is 48.0 Å². The predicted octanol–water partition coefficient (Wildman–Crippen LogP) is 5.31. The number of hydrogen-bond donors (Lipinski definition) is 2. The molecule has 6 heteroatoms. The van der Waals surface area contributed by atoms with E-state index in [1.54, 1.807) is 36.4 Å². The van der Waals surface area contributed by atoms with Gasteiger partial charge in [0.25, 0.3) is 0 Å². The first-order chi connectivity index (χ1) is 12.4. The van der Waals surface area contributed by atoms with Gasteiger partial charge < -0.3 is 19.2 Å². The molecule has 0 unspecified atom stereocenters. The highest BCUT2D eigenvalue weighted by atomic mass is 16.5. The fourth-order valence-electron chi connectivity index (χ4n) is 2.59. The van der Waals surface area contributed by atoms with E-state index >= 15 is 0 Å². The van der Waals surface area contributed by atoms with Crippen LogP contribution in [0.2, 0.25) is 0 Å². The van der Waals surface area contributed by atoms with Crippen molar-refractivity contribution in [1.29, 1.82) is 0 Å². The van der Waals surface area contributed by atoms with E-state index in [9.17, 15) is 10.2 Å². The van der Waals surface area contributed by atoms with E-state index < -0.39 is 0 Å². The van der Waals surface area contributed by atoms with Crippen LogP contribution in [0.5, 0.6) is 11.5 Å². The maximum atomic E-state index is 9.59. The second-order valence-electron chi connectivity index (χ2n) is 6.70. The minimum absolute atomic E-state index is 0.174. The van der Waals surface area contributed by atoms with Crippen LogP contribution in [-0.4, -0.2) is 20.4 Å². The molecule has 0 spiro atoms. The molecule has 0 atom stereocenters. The Morgan fingerprint density at radius 1 is 0.846 bits per heavy atom. The summed E-state index contributed by atoms with van der Waals surface area (Å²) in [4.78, 5) is 4.20. The Bertz CT molecular complexity index is 1020. The second kappa shape index (κ2) is 7.07. The van der Waals surface area contributed by atoms with E-state index in [2.05, 4.69) is 10.1 Å². The van der Waals surface area contributed by atoms with Crippen molar-refractivity contribution < 1.29 is 19.2 Å². The summed E-state index contributed by atoms with van der Waals surface area (Å²) in [6.07, 6.45) is 0. The Morgan fingerprint density at radius 3 is 2.12 bits per heavy atom. The van der Waals surface area contributed by atoms with E-state index in [0.29, 0.717) is 22.6 Å². The lowest BCUT2D eigenvalue weighted by Crippen LogP contribution is -1.87. The Hall–Kier alpha value is -3.02. The highest BCUT2D eigenvalue weighted by molar-refractivity contribution is 5.86. The van der Waals surface area contributed by atoms with E-state index in [-0.39, 0.29) is 23.3 Å². The third-order valence-electron chi connectivity index (χ3n) is 3.96. The molecule has 6 nitrogen and oxygen atoms in total. The fourth-order valence-corrected chi connectivity index (χ4v) is 2.59. The summed E-state index contributed by atoms with van der Waals surface area (Å²) >= 11 is 0. The van der Waals surface area contributed by atoms with Crippen LogP contribution in [0, 0.1) is 0 Å². The average Bonchev–Trinajstić information content (AvgIpc) is 3.21. The van der Waals surface area contributed by atoms with Crippen LogP contribution in [0.25, 0.3) is 22.1 Å². The number of rotatable bonds is 2. The second-order valence-corrected chi connectivity index (χ2v) is 6.70. The lowest BCUT2D eigenvalue weighted by molar-refractivity contribution is 0.441. The van der Waals surface area contributed by atoms with Crippen molar-refractivity contribution in [2.24, 2.45) is 0 Å². The summed E-state index contributed by atoms with van der Waals surface area (Å²) in [6, 6.07) is 10.3. The number of nitrogens with zero attached hydrogens (tertiary/aromatic N) is 2. The van der Waals surface area contributed by atoms with Crippen LogP contribution >= 0.6 is 0 Å². The summed E-state index contributed by atoms with van der Waals surface area (Å²) in [5.41, 5.74) is 2.65. The molecule has 0 radical (unpaired) electrons. The van der Waals surface area contributed by atoms with Gasteiger partial charge in [-0.25, -0.2) is 4.98 Å². The van der Waals surface area contributed by atoms with E-state index in [4.69, 9.17) is 8.94 Å². The number of aromatic nitrogens is 2. The molecule has 0 aliphatic heterocycles. The van der Waals surface area contributed by atoms with Gasteiger partial charge in [0.1, 0.15) is 11.5 Å². The molecule has 2 aromatic heterocycles. The Kier molecular flexibility index (Phi) is 4.84. The molecule has 0 amide bonds. The predicted molar refractivity (Wildman–Crippen MR) is 99.5 cm³/mol. The molecule has 2 heterocycles. The van der Waals surface area contributed by atoms with Crippen molar-refractivity contribution in [2.75, 3.05) is 0 Å². The van der Waals surface area contributed by atoms with Gasteiger partial charge in [-0.05, 0) is 30.2 Å². The van der Waals surface area contributed by atoms with Gasteiger partial charge >= 0.3 is 0 Å². The summed E-state index contributed by atoms with van der Waals surface area (Å²) < 4.78 is 10.5. The zero-order valence-electron chi connectivity index (χ0n) is 15.2. The number of para-hydroxylation sites is 1. The third-order valence-corrected chi connectivity index (χ3v) is 3.96. The molecular formula is C20H22N2O4. The maximum absolute atomic E-state index is 9.59. The number of benzene rings is 2. The van der Waals surface area contributed by atoms with Gasteiger partial charge in [0.05, 0.1) is 11.1 Å². The summed E-state index contributed by atoms with van der Waals surface area (Å²) in [5, 5.41) is 23.7. The normalized spacial score (nSPS) is 11.3. The standard InChI is InChI=1S/2C10H11NO2/c1-6(2)10-11-9-7(12)4-3-5-8(9)13-10;1-6(2)10-9-7(12)4-3-5-8(9)13-11-10/h2*3-6,12H,1-2H3. The lowest BCUT2D eigenvalue weighted by Gasteiger charge is -1.99. The van der Waals surface area contributed by atoms with Crippen molar-refractivity contribution >= 4 is 22.1 Å². The smallest absolute Gasteiger partial charge is 0.198 e. The van der Waals surface area contributed by atoms with Crippen LogP contribution in [0.1, 0.15) is 51.1 Å².